The largest absolute Gasteiger partial charge is 0.469 e. The normalized spacial score (nSPS) is 23.9. The van der Waals surface area contributed by atoms with Crippen molar-refractivity contribution in [2.75, 3.05) is 26.9 Å². The molecule has 0 radical (unpaired) electrons. The summed E-state index contributed by atoms with van der Waals surface area (Å²) in [5, 5.41) is 0. The predicted molar refractivity (Wildman–Crippen MR) is 68.3 cm³/mol. The van der Waals surface area contributed by atoms with Crippen LogP contribution < -0.4 is 5.73 Å². The Balaban J connectivity index is 2.00. The Bertz CT molecular complexity index is 227. The van der Waals surface area contributed by atoms with E-state index >= 15 is 0 Å². The van der Waals surface area contributed by atoms with Gasteiger partial charge in [-0.15, -0.1) is 0 Å². The molecule has 1 fully saturated rings. The maximum atomic E-state index is 10.9. The van der Waals surface area contributed by atoms with E-state index < -0.39 is 0 Å². The fourth-order valence-electron chi connectivity index (χ4n) is 2.17. The Morgan fingerprint density at radius 1 is 1.11 bits per heavy atom. The highest BCUT2D eigenvalue weighted by molar-refractivity contribution is 5.68. The number of hydrogen-bond acceptors (Lipinski definition) is 5. The molecule has 0 amide bonds. The number of ether oxygens (including phenoxy) is 3. The summed E-state index contributed by atoms with van der Waals surface area (Å²) in [4.78, 5) is 10.9. The molecule has 0 saturated heterocycles. The monoisotopic (exact) mass is 259 g/mol. The van der Waals surface area contributed by atoms with Crippen LogP contribution in [0.15, 0.2) is 0 Å². The SMILES string of the molecule is COC(=O)CCCO[C@H]1CC[C@H](OCCN)CC1. The van der Waals surface area contributed by atoms with Crippen molar-refractivity contribution in [3.63, 3.8) is 0 Å². The van der Waals surface area contributed by atoms with Gasteiger partial charge >= 0.3 is 5.97 Å². The summed E-state index contributed by atoms with van der Waals surface area (Å²) in [6, 6.07) is 0. The first-order valence-corrected chi connectivity index (χ1v) is 6.76. The summed E-state index contributed by atoms with van der Waals surface area (Å²) in [5.41, 5.74) is 5.40. The van der Waals surface area contributed by atoms with Crippen LogP contribution in [-0.4, -0.2) is 45.0 Å². The highest BCUT2D eigenvalue weighted by Gasteiger charge is 2.21. The second kappa shape index (κ2) is 9.30. The van der Waals surface area contributed by atoms with Crippen molar-refractivity contribution in [2.24, 2.45) is 5.73 Å². The second-order valence-corrected chi connectivity index (χ2v) is 4.61. The quantitative estimate of drug-likeness (QED) is 0.524. The van der Waals surface area contributed by atoms with Crippen molar-refractivity contribution in [1.29, 1.82) is 0 Å². The lowest BCUT2D eigenvalue weighted by atomic mass is 9.95. The lowest BCUT2D eigenvalue weighted by Gasteiger charge is -2.28. The molecule has 1 rings (SSSR count). The molecule has 5 nitrogen and oxygen atoms in total. The lowest BCUT2D eigenvalue weighted by molar-refractivity contribution is -0.141. The molecule has 0 unspecified atom stereocenters. The van der Waals surface area contributed by atoms with Gasteiger partial charge in [0.05, 0.1) is 25.9 Å². The van der Waals surface area contributed by atoms with Crippen molar-refractivity contribution >= 4 is 5.97 Å². The van der Waals surface area contributed by atoms with E-state index in [0.717, 1.165) is 32.1 Å². The molecule has 0 atom stereocenters. The van der Waals surface area contributed by atoms with Crippen molar-refractivity contribution in [3.05, 3.63) is 0 Å². The van der Waals surface area contributed by atoms with E-state index in [-0.39, 0.29) is 5.97 Å². The van der Waals surface area contributed by atoms with Crippen molar-refractivity contribution in [3.8, 4) is 0 Å². The summed E-state index contributed by atoms with van der Waals surface area (Å²) >= 11 is 0. The van der Waals surface area contributed by atoms with E-state index in [4.69, 9.17) is 15.2 Å². The first-order chi connectivity index (χ1) is 8.76. The minimum Gasteiger partial charge on any atom is -0.469 e. The molecule has 1 aliphatic carbocycles. The van der Waals surface area contributed by atoms with Gasteiger partial charge in [-0.1, -0.05) is 0 Å². The number of nitrogens with two attached hydrogens (primary N) is 1. The third kappa shape index (κ3) is 6.33. The van der Waals surface area contributed by atoms with Crippen LogP contribution in [0.2, 0.25) is 0 Å². The molecule has 2 N–H and O–H groups in total. The number of carbonyl (C=O) groups excluding carboxylic acids is 1. The Morgan fingerprint density at radius 3 is 2.17 bits per heavy atom. The van der Waals surface area contributed by atoms with Gasteiger partial charge in [-0.2, -0.15) is 0 Å². The van der Waals surface area contributed by atoms with Gasteiger partial charge in [0.25, 0.3) is 0 Å². The first kappa shape index (κ1) is 15.4. The summed E-state index contributed by atoms with van der Waals surface area (Å²) in [6.07, 6.45) is 6.00. The highest BCUT2D eigenvalue weighted by atomic mass is 16.5. The molecule has 1 saturated carbocycles. The van der Waals surface area contributed by atoms with Crippen molar-refractivity contribution in [1.82, 2.24) is 0 Å². The molecule has 0 heterocycles. The van der Waals surface area contributed by atoms with Crippen LogP contribution in [-0.2, 0) is 19.0 Å². The average molecular weight is 259 g/mol. The Morgan fingerprint density at radius 2 is 1.67 bits per heavy atom. The van der Waals surface area contributed by atoms with Crippen molar-refractivity contribution in [2.45, 2.75) is 50.7 Å². The van der Waals surface area contributed by atoms with Crippen LogP contribution in [0.1, 0.15) is 38.5 Å². The second-order valence-electron chi connectivity index (χ2n) is 4.61. The topological polar surface area (TPSA) is 70.8 Å². The molecule has 0 aromatic heterocycles. The molecule has 0 aromatic carbocycles. The number of methoxy groups -OCH3 is 1. The maximum Gasteiger partial charge on any atom is 0.305 e. The van der Waals surface area contributed by atoms with Gasteiger partial charge in [-0.3, -0.25) is 4.79 Å². The molecule has 5 heteroatoms. The minimum atomic E-state index is -0.169. The highest BCUT2D eigenvalue weighted by Crippen LogP contribution is 2.23. The van der Waals surface area contributed by atoms with Crippen LogP contribution >= 0.6 is 0 Å². The number of carbonyl (C=O) groups is 1. The standard InChI is InChI=1S/C13H25NO4/c1-16-13(15)3-2-9-17-11-4-6-12(7-5-11)18-10-8-14/h11-12H,2-10,14H2,1H3/t11-,12-. The van der Waals surface area contributed by atoms with Gasteiger partial charge in [0.1, 0.15) is 0 Å². The van der Waals surface area contributed by atoms with E-state index in [9.17, 15) is 4.79 Å². The van der Waals surface area contributed by atoms with E-state index in [2.05, 4.69) is 4.74 Å². The van der Waals surface area contributed by atoms with Crippen molar-refractivity contribution < 1.29 is 19.0 Å². The molecule has 106 valence electrons. The van der Waals surface area contributed by atoms with E-state index in [1.807, 2.05) is 0 Å². The van der Waals surface area contributed by atoms with Gasteiger partial charge in [0, 0.05) is 19.6 Å². The Labute approximate surface area is 109 Å². The lowest BCUT2D eigenvalue weighted by Crippen LogP contribution is -2.28. The molecule has 0 aliphatic heterocycles. The van der Waals surface area contributed by atoms with Gasteiger partial charge < -0.3 is 19.9 Å². The van der Waals surface area contributed by atoms with Gasteiger partial charge in [-0.05, 0) is 32.1 Å². The van der Waals surface area contributed by atoms with Crippen LogP contribution in [0.3, 0.4) is 0 Å². The van der Waals surface area contributed by atoms with Crippen LogP contribution in [0.5, 0.6) is 0 Å². The summed E-state index contributed by atoms with van der Waals surface area (Å²) in [6.45, 7) is 1.87. The van der Waals surface area contributed by atoms with Crippen LogP contribution in [0, 0.1) is 0 Å². The van der Waals surface area contributed by atoms with E-state index in [0.29, 0.717) is 38.4 Å². The molecule has 18 heavy (non-hydrogen) atoms. The van der Waals surface area contributed by atoms with E-state index in [1.54, 1.807) is 0 Å². The van der Waals surface area contributed by atoms with Crippen LogP contribution in [0.25, 0.3) is 0 Å². The molecule has 0 spiro atoms. The fraction of sp³-hybridized carbons (Fsp3) is 0.923. The summed E-state index contributed by atoms with van der Waals surface area (Å²) in [5.74, 6) is -0.169. The molecule has 0 bridgehead atoms. The van der Waals surface area contributed by atoms with Gasteiger partial charge in [-0.25, -0.2) is 0 Å². The first-order valence-electron chi connectivity index (χ1n) is 6.76. The van der Waals surface area contributed by atoms with Gasteiger partial charge in [0.2, 0.25) is 0 Å². The average Bonchev–Trinajstić information content (AvgIpc) is 2.42. The zero-order valence-corrected chi connectivity index (χ0v) is 11.2. The number of rotatable bonds is 8. The molecule has 0 aromatic rings. The maximum absolute atomic E-state index is 10.9. The number of esters is 1. The predicted octanol–water partition coefficient (Wildman–Crippen LogP) is 1.24. The third-order valence-corrected chi connectivity index (χ3v) is 3.20. The van der Waals surface area contributed by atoms with E-state index in [1.165, 1.54) is 7.11 Å². The smallest absolute Gasteiger partial charge is 0.305 e. The van der Waals surface area contributed by atoms with Crippen LogP contribution in [0.4, 0.5) is 0 Å². The Kier molecular flexibility index (Phi) is 7.96. The molecule has 1 aliphatic rings. The summed E-state index contributed by atoms with van der Waals surface area (Å²) in [7, 11) is 1.41. The Hall–Kier alpha value is -0.650. The number of hydrogen-bond donors (Lipinski definition) is 1. The molecular formula is C13H25NO4. The third-order valence-electron chi connectivity index (χ3n) is 3.20. The fourth-order valence-corrected chi connectivity index (χ4v) is 2.17. The zero-order valence-electron chi connectivity index (χ0n) is 11.2. The summed E-state index contributed by atoms with van der Waals surface area (Å²) < 4.78 is 15.9. The minimum absolute atomic E-state index is 0.169. The molecular weight excluding hydrogens is 234 g/mol. The van der Waals surface area contributed by atoms with Gasteiger partial charge in [0.15, 0.2) is 0 Å². The zero-order chi connectivity index (χ0) is 13.2.